The van der Waals surface area contributed by atoms with Gasteiger partial charge in [0.15, 0.2) is 0 Å². The molecule has 29 heavy (non-hydrogen) atoms. The van der Waals surface area contributed by atoms with Crippen molar-refractivity contribution in [3.63, 3.8) is 0 Å². The van der Waals surface area contributed by atoms with Gasteiger partial charge in [-0.15, -0.1) is 0 Å². The summed E-state index contributed by atoms with van der Waals surface area (Å²) in [6.07, 6.45) is 1.97. The quantitative estimate of drug-likeness (QED) is 0.720. The minimum absolute atomic E-state index is 0.124. The van der Waals surface area contributed by atoms with Crippen LogP contribution in [0.4, 0.5) is 5.69 Å². The molecule has 0 bridgehead atoms. The number of carbonyl (C=O) groups excluding carboxylic acids is 1. The van der Waals surface area contributed by atoms with Crippen molar-refractivity contribution in [2.45, 2.75) is 0 Å². The second-order valence-corrected chi connectivity index (χ2v) is 7.24. The summed E-state index contributed by atoms with van der Waals surface area (Å²) in [5, 5.41) is 6.40. The van der Waals surface area contributed by atoms with Crippen LogP contribution in [0.3, 0.4) is 0 Å². The minimum atomic E-state index is -0.124. The summed E-state index contributed by atoms with van der Waals surface area (Å²) >= 11 is 0. The number of hydrogen-bond acceptors (Lipinski definition) is 5. The van der Waals surface area contributed by atoms with Crippen LogP contribution in [0.1, 0.15) is 15.9 Å². The van der Waals surface area contributed by atoms with Crippen LogP contribution < -0.4 is 15.5 Å². The predicted octanol–water partition coefficient (Wildman–Crippen LogP) is 2.40. The average Bonchev–Trinajstić information content (AvgIpc) is 2.75. The molecule has 1 fully saturated rings. The number of ether oxygens (including phenoxy) is 1. The standard InChI is InChI=1S/C23H30N4O2/c1-26(2)21-10-8-19(9-11-21)18-22(24-12-13-27-14-16-29-17-15-27)25-23(28)20-6-4-3-5-7-20/h3-11,18,24H,12-17H2,1-2H3,(H,25,28). The van der Waals surface area contributed by atoms with Crippen LogP contribution in [-0.2, 0) is 4.74 Å². The molecule has 1 aliphatic heterocycles. The Hall–Kier alpha value is -2.83. The lowest BCUT2D eigenvalue weighted by Gasteiger charge is -2.27. The van der Waals surface area contributed by atoms with Gasteiger partial charge in [-0.05, 0) is 35.9 Å². The number of nitrogens with one attached hydrogen (secondary N) is 2. The monoisotopic (exact) mass is 394 g/mol. The van der Waals surface area contributed by atoms with Gasteiger partial charge in [0, 0.05) is 51.5 Å². The zero-order valence-corrected chi connectivity index (χ0v) is 17.2. The molecule has 0 spiro atoms. The summed E-state index contributed by atoms with van der Waals surface area (Å²) in [5.74, 6) is 0.574. The molecule has 2 aromatic carbocycles. The van der Waals surface area contributed by atoms with Gasteiger partial charge in [-0.25, -0.2) is 0 Å². The van der Waals surface area contributed by atoms with Crippen LogP contribution in [0, 0.1) is 0 Å². The molecule has 0 aromatic heterocycles. The van der Waals surface area contributed by atoms with E-state index in [2.05, 4.69) is 32.6 Å². The van der Waals surface area contributed by atoms with Gasteiger partial charge in [0.05, 0.1) is 13.2 Å². The maximum atomic E-state index is 12.6. The normalized spacial score (nSPS) is 15.0. The van der Waals surface area contributed by atoms with E-state index >= 15 is 0 Å². The fraction of sp³-hybridized carbons (Fsp3) is 0.348. The van der Waals surface area contributed by atoms with Crippen molar-refractivity contribution in [1.82, 2.24) is 15.5 Å². The maximum absolute atomic E-state index is 12.6. The molecular weight excluding hydrogens is 364 g/mol. The Labute approximate surface area is 173 Å². The molecule has 0 aliphatic carbocycles. The minimum Gasteiger partial charge on any atom is -0.379 e. The molecule has 1 amide bonds. The average molecular weight is 395 g/mol. The Morgan fingerprint density at radius 3 is 2.41 bits per heavy atom. The topological polar surface area (TPSA) is 56.8 Å². The Balaban J connectivity index is 1.68. The first-order chi connectivity index (χ1) is 14.1. The molecule has 0 unspecified atom stereocenters. The summed E-state index contributed by atoms with van der Waals surface area (Å²) in [7, 11) is 4.03. The van der Waals surface area contributed by atoms with Crippen molar-refractivity contribution in [1.29, 1.82) is 0 Å². The molecule has 154 valence electrons. The van der Waals surface area contributed by atoms with Crippen LogP contribution in [0.2, 0.25) is 0 Å². The van der Waals surface area contributed by atoms with Crippen LogP contribution in [0.15, 0.2) is 60.4 Å². The van der Waals surface area contributed by atoms with E-state index in [4.69, 9.17) is 4.74 Å². The highest BCUT2D eigenvalue weighted by Crippen LogP contribution is 2.14. The summed E-state index contributed by atoms with van der Waals surface area (Å²) in [5.41, 5.74) is 2.80. The zero-order chi connectivity index (χ0) is 20.5. The van der Waals surface area contributed by atoms with Gasteiger partial charge in [0.1, 0.15) is 5.82 Å². The number of anilines is 1. The van der Waals surface area contributed by atoms with Crippen LogP contribution in [0.25, 0.3) is 6.08 Å². The highest BCUT2D eigenvalue weighted by molar-refractivity contribution is 5.95. The Morgan fingerprint density at radius 1 is 1.07 bits per heavy atom. The second-order valence-electron chi connectivity index (χ2n) is 7.24. The molecule has 1 aliphatic rings. The third-order valence-corrected chi connectivity index (χ3v) is 4.85. The molecule has 6 heteroatoms. The van der Waals surface area contributed by atoms with Crippen molar-refractivity contribution in [2.75, 3.05) is 58.4 Å². The first-order valence-corrected chi connectivity index (χ1v) is 10.0. The SMILES string of the molecule is CN(C)c1ccc(C=C(NCCN2CCOCC2)NC(=O)c2ccccc2)cc1. The number of rotatable bonds is 8. The van der Waals surface area contributed by atoms with Gasteiger partial charge in [0.2, 0.25) is 0 Å². The molecule has 2 aromatic rings. The van der Waals surface area contributed by atoms with Crippen molar-refractivity contribution in [3.8, 4) is 0 Å². The molecule has 6 nitrogen and oxygen atoms in total. The lowest BCUT2D eigenvalue weighted by Crippen LogP contribution is -2.41. The third-order valence-electron chi connectivity index (χ3n) is 4.85. The van der Waals surface area contributed by atoms with Gasteiger partial charge < -0.3 is 20.3 Å². The molecule has 3 rings (SSSR count). The summed E-state index contributed by atoms with van der Waals surface area (Å²) < 4.78 is 5.40. The smallest absolute Gasteiger partial charge is 0.256 e. The van der Waals surface area contributed by atoms with Crippen LogP contribution in [0.5, 0.6) is 0 Å². The first kappa shape index (κ1) is 20.9. The molecule has 2 N–H and O–H groups in total. The molecule has 0 radical (unpaired) electrons. The van der Waals surface area contributed by atoms with Crippen molar-refractivity contribution in [3.05, 3.63) is 71.5 Å². The fourth-order valence-electron chi connectivity index (χ4n) is 3.12. The fourth-order valence-corrected chi connectivity index (χ4v) is 3.12. The number of benzene rings is 2. The van der Waals surface area contributed by atoms with Gasteiger partial charge in [0.25, 0.3) is 5.91 Å². The third kappa shape index (κ3) is 6.62. The van der Waals surface area contributed by atoms with E-state index < -0.39 is 0 Å². The number of nitrogens with zero attached hydrogens (tertiary/aromatic N) is 2. The van der Waals surface area contributed by atoms with Crippen LogP contribution in [-0.4, -0.2) is 64.3 Å². The van der Waals surface area contributed by atoms with E-state index in [1.165, 1.54) is 0 Å². The highest BCUT2D eigenvalue weighted by atomic mass is 16.5. The van der Waals surface area contributed by atoms with E-state index in [-0.39, 0.29) is 5.91 Å². The van der Waals surface area contributed by atoms with Gasteiger partial charge in [-0.2, -0.15) is 0 Å². The van der Waals surface area contributed by atoms with Crippen molar-refractivity contribution >= 4 is 17.7 Å². The highest BCUT2D eigenvalue weighted by Gasteiger charge is 2.11. The van der Waals surface area contributed by atoms with Crippen molar-refractivity contribution < 1.29 is 9.53 Å². The van der Waals surface area contributed by atoms with Gasteiger partial charge in [-0.1, -0.05) is 30.3 Å². The predicted molar refractivity (Wildman–Crippen MR) is 118 cm³/mol. The number of carbonyl (C=O) groups is 1. The van der Waals surface area contributed by atoms with Crippen molar-refractivity contribution in [2.24, 2.45) is 0 Å². The lowest BCUT2D eigenvalue weighted by molar-refractivity contribution is 0.0386. The number of hydrogen-bond donors (Lipinski definition) is 2. The Kier molecular flexibility index (Phi) is 7.67. The Bertz CT molecular complexity index is 797. The Morgan fingerprint density at radius 2 is 1.76 bits per heavy atom. The number of amides is 1. The molecule has 1 saturated heterocycles. The van der Waals surface area contributed by atoms with E-state index in [0.717, 1.165) is 50.6 Å². The van der Waals surface area contributed by atoms with E-state index in [0.29, 0.717) is 11.4 Å². The largest absolute Gasteiger partial charge is 0.379 e. The zero-order valence-electron chi connectivity index (χ0n) is 17.2. The summed E-state index contributed by atoms with van der Waals surface area (Å²) in [6.45, 7) is 5.11. The summed E-state index contributed by atoms with van der Waals surface area (Å²) in [6, 6.07) is 17.5. The van der Waals surface area contributed by atoms with Crippen LogP contribution >= 0.6 is 0 Å². The lowest BCUT2D eigenvalue weighted by atomic mass is 10.2. The first-order valence-electron chi connectivity index (χ1n) is 10.0. The van der Waals surface area contributed by atoms with Gasteiger partial charge in [-0.3, -0.25) is 9.69 Å². The molecule has 0 saturated carbocycles. The second kappa shape index (κ2) is 10.6. The molecule has 1 heterocycles. The van der Waals surface area contributed by atoms with E-state index in [1.807, 2.05) is 62.6 Å². The van der Waals surface area contributed by atoms with E-state index in [1.54, 1.807) is 0 Å². The summed E-state index contributed by atoms with van der Waals surface area (Å²) in [4.78, 5) is 17.0. The van der Waals surface area contributed by atoms with E-state index in [9.17, 15) is 4.79 Å². The molecule has 0 atom stereocenters. The number of morpholine rings is 1. The maximum Gasteiger partial charge on any atom is 0.256 e. The molecular formula is C23H30N4O2. The van der Waals surface area contributed by atoms with Gasteiger partial charge >= 0.3 is 0 Å².